The van der Waals surface area contributed by atoms with Crippen LogP contribution in [0.3, 0.4) is 0 Å². The summed E-state index contributed by atoms with van der Waals surface area (Å²) in [5.41, 5.74) is 1.19. The number of anilines is 1. The number of hydrogen-bond acceptors (Lipinski definition) is 9. The molecule has 0 atom stereocenters. The second kappa shape index (κ2) is 9.59. The second-order valence-electron chi connectivity index (χ2n) is 6.84. The van der Waals surface area contributed by atoms with Gasteiger partial charge in [-0.15, -0.1) is 0 Å². The average Bonchev–Trinajstić information content (AvgIpc) is 3.37. The minimum Gasteiger partial charge on any atom is -0.493 e. The summed E-state index contributed by atoms with van der Waals surface area (Å²) in [6.07, 6.45) is 1.67. The van der Waals surface area contributed by atoms with Gasteiger partial charge >= 0.3 is 0 Å². The Hall–Kier alpha value is -3.44. The number of ether oxygens (including phenoxy) is 5. The van der Waals surface area contributed by atoms with E-state index in [9.17, 15) is 9.59 Å². The summed E-state index contributed by atoms with van der Waals surface area (Å²) in [5.74, 6) is 1.78. The number of thiocarbonyl (C=S) groups is 1. The molecule has 1 saturated heterocycles. The number of rotatable bonds is 7. The molecule has 0 aromatic heterocycles. The third-order valence-corrected chi connectivity index (χ3v) is 6.19. The number of nitrogens with zero attached hydrogens (tertiary/aromatic N) is 1. The van der Waals surface area contributed by atoms with Crippen LogP contribution in [0.15, 0.2) is 35.2 Å². The van der Waals surface area contributed by atoms with Crippen LogP contribution >= 0.6 is 24.0 Å². The summed E-state index contributed by atoms with van der Waals surface area (Å²) in [5, 5.41) is 2.74. The number of hydrogen-bond donors (Lipinski definition) is 1. The van der Waals surface area contributed by atoms with Crippen LogP contribution in [-0.4, -0.2) is 55.7 Å². The van der Waals surface area contributed by atoms with Crippen molar-refractivity contribution in [2.45, 2.75) is 0 Å². The standard InChI is InChI=1S/C22H20N2O7S2/c1-27-16-6-12(7-17(28-2)20(16)29-3)8-18-21(26)24(22(32)33-18)10-19(25)23-13-4-5-14-15(9-13)31-11-30-14/h4-9H,10-11H2,1-3H3,(H,23,25)/b18-8-. The van der Waals surface area contributed by atoms with E-state index in [0.29, 0.717) is 49.2 Å². The van der Waals surface area contributed by atoms with Gasteiger partial charge < -0.3 is 29.0 Å². The van der Waals surface area contributed by atoms with Crippen molar-refractivity contribution in [2.75, 3.05) is 40.0 Å². The zero-order valence-corrected chi connectivity index (χ0v) is 19.6. The Morgan fingerprint density at radius 2 is 1.82 bits per heavy atom. The molecular weight excluding hydrogens is 468 g/mol. The molecule has 1 N–H and O–H groups in total. The van der Waals surface area contributed by atoms with Crippen LogP contribution in [-0.2, 0) is 9.59 Å². The molecule has 172 valence electrons. The van der Waals surface area contributed by atoms with Gasteiger partial charge in [-0.2, -0.15) is 0 Å². The zero-order chi connectivity index (χ0) is 23.5. The van der Waals surface area contributed by atoms with E-state index in [1.165, 1.54) is 26.2 Å². The van der Waals surface area contributed by atoms with Gasteiger partial charge in [0.25, 0.3) is 5.91 Å². The molecule has 2 aromatic carbocycles. The topological polar surface area (TPSA) is 95.6 Å². The van der Waals surface area contributed by atoms with Crippen molar-refractivity contribution in [1.82, 2.24) is 4.90 Å². The molecule has 0 aliphatic carbocycles. The van der Waals surface area contributed by atoms with Crippen molar-refractivity contribution >= 4 is 51.9 Å². The van der Waals surface area contributed by atoms with Gasteiger partial charge in [-0.25, -0.2) is 0 Å². The van der Waals surface area contributed by atoms with Crippen LogP contribution in [0.25, 0.3) is 6.08 Å². The Morgan fingerprint density at radius 1 is 1.12 bits per heavy atom. The van der Waals surface area contributed by atoms with Crippen molar-refractivity contribution in [3.8, 4) is 28.7 Å². The lowest BCUT2D eigenvalue weighted by Gasteiger charge is -2.14. The molecule has 2 amide bonds. The molecule has 0 saturated carbocycles. The van der Waals surface area contributed by atoms with Gasteiger partial charge in [0.1, 0.15) is 10.9 Å². The molecule has 2 aromatic rings. The molecule has 4 rings (SSSR count). The van der Waals surface area contributed by atoms with E-state index in [0.717, 1.165) is 11.8 Å². The molecular formula is C22H20N2O7S2. The Bertz CT molecular complexity index is 1140. The average molecular weight is 489 g/mol. The number of fused-ring (bicyclic) bond motifs is 1. The Kier molecular flexibility index (Phi) is 6.61. The summed E-state index contributed by atoms with van der Waals surface area (Å²) in [6, 6.07) is 8.51. The van der Waals surface area contributed by atoms with Crippen molar-refractivity contribution in [1.29, 1.82) is 0 Å². The Balaban J connectivity index is 1.48. The lowest BCUT2D eigenvalue weighted by Crippen LogP contribution is -2.36. The lowest BCUT2D eigenvalue weighted by molar-refractivity contribution is -0.126. The number of thioether (sulfide) groups is 1. The van der Waals surface area contributed by atoms with Gasteiger partial charge in [0.15, 0.2) is 23.0 Å². The third-order valence-electron chi connectivity index (χ3n) is 4.82. The van der Waals surface area contributed by atoms with E-state index < -0.39 is 0 Å². The molecule has 9 nitrogen and oxygen atoms in total. The first-order valence-corrected chi connectivity index (χ1v) is 10.9. The van der Waals surface area contributed by atoms with Crippen LogP contribution in [0, 0.1) is 0 Å². The smallest absolute Gasteiger partial charge is 0.266 e. The fourth-order valence-electron chi connectivity index (χ4n) is 3.29. The fraction of sp³-hybridized carbons (Fsp3) is 0.227. The molecule has 1 fully saturated rings. The van der Waals surface area contributed by atoms with Gasteiger partial charge in [-0.1, -0.05) is 24.0 Å². The highest BCUT2D eigenvalue weighted by Crippen LogP contribution is 2.40. The van der Waals surface area contributed by atoms with Gasteiger partial charge in [-0.3, -0.25) is 14.5 Å². The zero-order valence-electron chi connectivity index (χ0n) is 18.0. The first kappa shape index (κ1) is 22.7. The van der Waals surface area contributed by atoms with E-state index in [2.05, 4.69) is 5.32 Å². The minimum absolute atomic E-state index is 0.140. The molecule has 11 heteroatoms. The molecule has 2 aliphatic heterocycles. The molecule has 0 bridgehead atoms. The van der Waals surface area contributed by atoms with Crippen molar-refractivity contribution < 1.29 is 33.3 Å². The highest BCUT2D eigenvalue weighted by atomic mass is 32.2. The van der Waals surface area contributed by atoms with E-state index >= 15 is 0 Å². The summed E-state index contributed by atoms with van der Waals surface area (Å²) in [6.45, 7) is -0.0761. The van der Waals surface area contributed by atoms with Gasteiger partial charge in [0, 0.05) is 11.8 Å². The maximum absolute atomic E-state index is 12.9. The van der Waals surface area contributed by atoms with E-state index in [4.69, 9.17) is 35.9 Å². The largest absolute Gasteiger partial charge is 0.493 e. The normalized spacial score (nSPS) is 15.7. The van der Waals surface area contributed by atoms with Gasteiger partial charge in [0.2, 0.25) is 18.4 Å². The summed E-state index contributed by atoms with van der Waals surface area (Å²) >= 11 is 6.45. The van der Waals surface area contributed by atoms with Crippen LogP contribution in [0.2, 0.25) is 0 Å². The van der Waals surface area contributed by atoms with E-state index in [-0.39, 0.29) is 25.2 Å². The number of benzene rings is 2. The number of carbonyl (C=O) groups is 2. The summed E-state index contributed by atoms with van der Waals surface area (Å²) in [4.78, 5) is 27.1. The number of carbonyl (C=O) groups excluding carboxylic acids is 2. The second-order valence-corrected chi connectivity index (χ2v) is 8.52. The van der Waals surface area contributed by atoms with E-state index in [1.807, 2.05) is 0 Å². The minimum atomic E-state index is -0.390. The van der Waals surface area contributed by atoms with Crippen molar-refractivity contribution in [2.24, 2.45) is 0 Å². The molecule has 33 heavy (non-hydrogen) atoms. The van der Waals surface area contributed by atoms with Crippen LogP contribution < -0.4 is 29.0 Å². The fourth-order valence-corrected chi connectivity index (χ4v) is 4.55. The Labute approximate surface area is 199 Å². The first-order valence-electron chi connectivity index (χ1n) is 9.68. The molecule has 2 aliphatic rings. The highest BCUT2D eigenvalue weighted by molar-refractivity contribution is 8.26. The number of nitrogens with one attached hydrogen (secondary N) is 1. The van der Waals surface area contributed by atoms with Crippen LogP contribution in [0.5, 0.6) is 28.7 Å². The van der Waals surface area contributed by atoms with Crippen molar-refractivity contribution in [3.05, 3.63) is 40.8 Å². The van der Waals surface area contributed by atoms with E-state index in [1.54, 1.807) is 36.4 Å². The van der Waals surface area contributed by atoms with Crippen LogP contribution in [0.1, 0.15) is 5.56 Å². The number of amides is 2. The van der Waals surface area contributed by atoms with Gasteiger partial charge in [-0.05, 0) is 35.9 Å². The van der Waals surface area contributed by atoms with Crippen LogP contribution in [0.4, 0.5) is 5.69 Å². The molecule has 0 radical (unpaired) electrons. The Morgan fingerprint density at radius 3 is 2.48 bits per heavy atom. The quantitative estimate of drug-likeness (QED) is 0.465. The maximum atomic E-state index is 12.9. The lowest BCUT2D eigenvalue weighted by atomic mass is 10.1. The maximum Gasteiger partial charge on any atom is 0.266 e. The SMILES string of the molecule is COc1cc(/C=C2\SC(=S)N(CC(=O)Nc3ccc4c(c3)OCO4)C2=O)cc(OC)c1OC. The molecule has 0 unspecified atom stereocenters. The highest BCUT2D eigenvalue weighted by Gasteiger charge is 2.33. The number of methoxy groups -OCH3 is 3. The third kappa shape index (κ3) is 4.69. The van der Waals surface area contributed by atoms with Crippen molar-refractivity contribution in [3.63, 3.8) is 0 Å². The predicted molar refractivity (Wildman–Crippen MR) is 127 cm³/mol. The predicted octanol–water partition coefficient (Wildman–Crippen LogP) is 3.28. The molecule has 0 spiro atoms. The molecule has 2 heterocycles. The monoisotopic (exact) mass is 488 g/mol. The van der Waals surface area contributed by atoms with Gasteiger partial charge in [0.05, 0.1) is 26.2 Å². The summed E-state index contributed by atoms with van der Waals surface area (Å²) in [7, 11) is 4.54. The first-order chi connectivity index (χ1) is 15.9. The summed E-state index contributed by atoms with van der Waals surface area (Å²) < 4.78 is 26.9.